The maximum absolute atomic E-state index is 14.5. The molecule has 0 aromatic heterocycles. The van der Waals surface area contributed by atoms with Crippen molar-refractivity contribution in [1.29, 1.82) is 0 Å². The lowest BCUT2D eigenvalue weighted by Crippen LogP contribution is -2.56. The Balaban J connectivity index is 1.82. The summed E-state index contributed by atoms with van der Waals surface area (Å²) < 4.78 is 29.4. The van der Waals surface area contributed by atoms with Crippen molar-refractivity contribution in [3.8, 4) is 0 Å². The smallest absolute Gasteiger partial charge is 0.264 e. The van der Waals surface area contributed by atoms with Crippen molar-refractivity contribution >= 4 is 27.5 Å². The van der Waals surface area contributed by atoms with Crippen molar-refractivity contribution < 1.29 is 18.0 Å². The van der Waals surface area contributed by atoms with Gasteiger partial charge in [0.1, 0.15) is 12.6 Å². The van der Waals surface area contributed by atoms with Crippen LogP contribution in [0.3, 0.4) is 0 Å². The number of hydrogen-bond acceptors (Lipinski definition) is 4. The molecule has 2 amide bonds. The highest BCUT2D eigenvalue weighted by Crippen LogP contribution is 2.27. The van der Waals surface area contributed by atoms with Crippen molar-refractivity contribution in [2.24, 2.45) is 0 Å². The maximum atomic E-state index is 14.5. The minimum absolute atomic E-state index is 0.0767. The SMILES string of the molecule is Cc1cc(C)cc(N(CC(=O)N(Cc2ccccc2)[C@@H](Cc2ccccc2)C(=O)NC(C)(C)C)S(=O)(=O)c2ccccc2)c1. The number of nitrogens with one attached hydrogen (secondary N) is 1. The molecule has 4 rings (SSSR count). The first-order valence-electron chi connectivity index (χ1n) is 14.7. The summed E-state index contributed by atoms with van der Waals surface area (Å²) in [5.74, 6) is -0.799. The van der Waals surface area contributed by atoms with Crippen LogP contribution in [0.4, 0.5) is 5.69 Å². The summed E-state index contributed by atoms with van der Waals surface area (Å²) >= 11 is 0. The Morgan fingerprint density at radius 1 is 0.750 bits per heavy atom. The highest BCUT2D eigenvalue weighted by Gasteiger charge is 2.35. The van der Waals surface area contributed by atoms with Crippen LogP contribution >= 0.6 is 0 Å². The first-order valence-corrected chi connectivity index (χ1v) is 16.1. The van der Waals surface area contributed by atoms with Gasteiger partial charge < -0.3 is 10.2 Å². The number of hydrogen-bond donors (Lipinski definition) is 1. The second-order valence-electron chi connectivity index (χ2n) is 12.1. The summed E-state index contributed by atoms with van der Waals surface area (Å²) in [7, 11) is -4.14. The van der Waals surface area contributed by atoms with Crippen LogP contribution in [-0.2, 0) is 32.6 Å². The summed E-state index contributed by atoms with van der Waals surface area (Å²) in [4.78, 5) is 30.0. The van der Waals surface area contributed by atoms with E-state index in [2.05, 4.69) is 5.32 Å². The number of amides is 2. The molecule has 0 aliphatic carbocycles. The largest absolute Gasteiger partial charge is 0.350 e. The maximum Gasteiger partial charge on any atom is 0.264 e. The zero-order valence-corrected chi connectivity index (χ0v) is 26.8. The average Bonchev–Trinajstić information content (AvgIpc) is 2.97. The van der Waals surface area contributed by atoms with Crippen molar-refractivity contribution in [3.63, 3.8) is 0 Å². The van der Waals surface area contributed by atoms with Gasteiger partial charge in [-0.15, -0.1) is 0 Å². The van der Waals surface area contributed by atoms with Crippen molar-refractivity contribution in [2.45, 2.75) is 64.1 Å². The summed E-state index contributed by atoms with van der Waals surface area (Å²) in [5.41, 5.74) is 3.29. The fourth-order valence-corrected chi connectivity index (χ4v) is 6.55. The van der Waals surface area contributed by atoms with Crippen LogP contribution in [0.15, 0.2) is 114 Å². The topological polar surface area (TPSA) is 86.8 Å². The van der Waals surface area contributed by atoms with Gasteiger partial charge in [-0.05, 0) is 81.1 Å². The van der Waals surface area contributed by atoms with Crippen molar-refractivity contribution in [3.05, 3.63) is 131 Å². The third-order valence-electron chi connectivity index (χ3n) is 7.07. The minimum Gasteiger partial charge on any atom is -0.350 e. The lowest BCUT2D eigenvalue weighted by Gasteiger charge is -2.35. The number of carbonyl (C=O) groups excluding carboxylic acids is 2. The number of anilines is 1. The van der Waals surface area contributed by atoms with Gasteiger partial charge >= 0.3 is 0 Å². The van der Waals surface area contributed by atoms with E-state index in [4.69, 9.17) is 0 Å². The predicted molar refractivity (Wildman–Crippen MR) is 176 cm³/mol. The molecule has 4 aromatic rings. The van der Waals surface area contributed by atoms with Crippen LogP contribution in [0.5, 0.6) is 0 Å². The van der Waals surface area contributed by atoms with E-state index in [1.54, 1.807) is 30.3 Å². The lowest BCUT2D eigenvalue weighted by atomic mass is 10.0. The third kappa shape index (κ3) is 8.57. The summed E-state index contributed by atoms with van der Waals surface area (Å²) in [5, 5.41) is 3.05. The fraction of sp³-hybridized carbons (Fsp3) is 0.278. The van der Waals surface area contributed by atoms with Crippen LogP contribution in [-0.4, -0.2) is 43.3 Å². The first kappa shape index (κ1) is 32.5. The van der Waals surface area contributed by atoms with Gasteiger partial charge in [0, 0.05) is 18.5 Å². The highest BCUT2D eigenvalue weighted by atomic mass is 32.2. The van der Waals surface area contributed by atoms with Gasteiger partial charge in [0.2, 0.25) is 11.8 Å². The fourth-order valence-electron chi connectivity index (χ4n) is 5.13. The summed E-state index contributed by atoms with van der Waals surface area (Å²) in [6, 6.07) is 31.6. The molecule has 1 atom stereocenters. The summed E-state index contributed by atoms with van der Waals surface area (Å²) in [6.45, 7) is 9.09. The van der Waals surface area contributed by atoms with E-state index in [0.29, 0.717) is 5.69 Å². The predicted octanol–water partition coefficient (Wildman–Crippen LogP) is 6.05. The van der Waals surface area contributed by atoms with E-state index in [1.165, 1.54) is 17.0 Å². The molecule has 0 saturated heterocycles. The molecule has 230 valence electrons. The number of sulfonamides is 1. The van der Waals surface area contributed by atoms with Gasteiger partial charge in [0.05, 0.1) is 10.6 Å². The number of rotatable bonds is 11. The third-order valence-corrected chi connectivity index (χ3v) is 8.86. The zero-order chi connectivity index (χ0) is 31.9. The molecule has 4 aromatic carbocycles. The van der Waals surface area contributed by atoms with Crippen LogP contribution in [0.2, 0.25) is 0 Å². The highest BCUT2D eigenvalue weighted by molar-refractivity contribution is 7.92. The molecule has 0 saturated carbocycles. The van der Waals surface area contributed by atoms with Gasteiger partial charge in [-0.2, -0.15) is 0 Å². The number of benzene rings is 4. The van der Waals surface area contributed by atoms with Crippen molar-refractivity contribution in [2.75, 3.05) is 10.8 Å². The van der Waals surface area contributed by atoms with Gasteiger partial charge in [-0.3, -0.25) is 13.9 Å². The van der Waals surface area contributed by atoms with E-state index in [9.17, 15) is 18.0 Å². The Morgan fingerprint density at radius 2 is 1.25 bits per heavy atom. The standard InChI is InChI=1S/C36H41N3O4S/c1-27-21-28(2)23-31(22-27)39(44(42,43)32-19-13-8-14-20-32)26-34(40)38(25-30-17-11-7-12-18-30)33(35(41)37-36(3,4)5)24-29-15-9-6-10-16-29/h6-23,33H,24-26H2,1-5H3,(H,37,41)/t33-/m0/s1. The lowest BCUT2D eigenvalue weighted by molar-refractivity contribution is -0.140. The molecule has 0 heterocycles. The Bertz CT molecular complexity index is 1650. The van der Waals surface area contributed by atoms with Gasteiger partial charge in [0.15, 0.2) is 0 Å². The van der Waals surface area contributed by atoms with Gasteiger partial charge in [0.25, 0.3) is 10.0 Å². The van der Waals surface area contributed by atoms with E-state index < -0.39 is 34.1 Å². The molecule has 7 nitrogen and oxygen atoms in total. The molecule has 1 N–H and O–H groups in total. The molecule has 0 aliphatic rings. The Morgan fingerprint density at radius 3 is 1.77 bits per heavy atom. The quantitative estimate of drug-likeness (QED) is 0.224. The molecular formula is C36H41N3O4S. The molecule has 0 unspecified atom stereocenters. The monoisotopic (exact) mass is 611 g/mol. The Hall–Kier alpha value is -4.43. The molecule has 44 heavy (non-hydrogen) atoms. The van der Waals surface area contributed by atoms with Crippen LogP contribution in [0.1, 0.15) is 43.0 Å². The van der Waals surface area contributed by atoms with E-state index in [0.717, 1.165) is 26.6 Å². The molecule has 0 spiro atoms. The number of nitrogens with zero attached hydrogens (tertiary/aromatic N) is 2. The van der Waals surface area contributed by atoms with E-state index in [-0.39, 0.29) is 23.8 Å². The second-order valence-corrected chi connectivity index (χ2v) is 14.0. The summed E-state index contributed by atoms with van der Waals surface area (Å²) in [6.07, 6.45) is 0.260. The minimum atomic E-state index is -4.14. The zero-order valence-electron chi connectivity index (χ0n) is 26.0. The molecule has 0 aliphatic heterocycles. The average molecular weight is 612 g/mol. The molecule has 8 heteroatoms. The molecule has 0 radical (unpaired) electrons. The Kier molecular flexibility index (Phi) is 10.3. The molecule has 0 fully saturated rings. The second kappa shape index (κ2) is 13.9. The van der Waals surface area contributed by atoms with E-state index in [1.807, 2.05) is 101 Å². The van der Waals surface area contributed by atoms with Gasteiger partial charge in [-0.1, -0.05) is 84.9 Å². The van der Waals surface area contributed by atoms with E-state index >= 15 is 0 Å². The Labute approximate surface area is 261 Å². The van der Waals surface area contributed by atoms with Crippen LogP contribution in [0.25, 0.3) is 0 Å². The number of carbonyl (C=O) groups is 2. The van der Waals surface area contributed by atoms with Crippen LogP contribution < -0.4 is 9.62 Å². The number of aryl methyl sites for hydroxylation is 2. The first-order chi connectivity index (χ1) is 20.8. The van der Waals surface area contributed by atoms with Gasteiger partial charge in [-0.25, -0.2) is 8.42 Å². The normalized spacial score (nSPS) is 12.3. The molecular weight excluding hydrogens is 570 g/mol. The van der Waals surface area contributed by atoms with Crippen molar-refractivity contribution in [1.82, 2.24) is 10.2 Å². The van der Waals surface area contributed by atoms with Crippen LogP contribution in [0, 0.1) is 13.8 Å². The molecule has 0 bridgehead atoms.